The molecular formula is C20H21ClN4O3. The van der Waals surface area contributed by atoms with E-state index in [-0.39, 0.29) is 36.9 Å². The van der Waals surface area contributed by atoms with Crippen LogP contribution < -0.4 is 16.2 Å². The Morgan fingerprint density at radius 3 is 2.54 bits per heavy atom. The molecule has 1 aromatic heterocycles. The van der Waals surface area contributed by atoms with Crippen molar-refractivity contribution in [3.63, 3.8) is 0 Å². The lowest BCUT2D eigenvalue weighted by Gasteiger charge is -2.11. The fraction of sp³-hybridized carbons (Fsp3) is 0.300. The number of aromatic nitrogens is 1. The highest BCUT2D eigenvalue weighted by atomic mass is 35.5. The first-order valence-corrected chi connectivity index (χ1v) is 9.14. The number of pyridine rings is 1. The smallest absolute Gasteiger partial charge is 0.266 e. The number of halogens is 1. The molecule has 2 rings (SSSR count). The van der Waals surface area contributed by atoms with Crippen LogP contribution in [0.1, 0.15) is 39.2 Å². The van der Waals surface area contributed by atoms with Gasteiger partial charge in [0.1, 0.15) is 11.6 Å². The lowest BCUT2D eigenvalue weighted by atomic mass is 9.99. The van der Waals surface area contributed by atoms with Crippen molar-refractivity contribution >= 4 is 23.4 Å². The molecule has 8 heteroatoms. The fourth-order valence-electron chi connectivity index (χ4n) is 2.87. The zero-order valence-electron chi connectivity index (χ0n) is 15.7. The van der Waals surface area contributed by atoms with Gasteiger partial charge in [0.25, 0.3) is 11.5 Å². The molecule has 0 saturated carbocycles. The Balaban J connectivity index is 1.81. The summed E-state index contributed by atoms with van der Waals surface area (Å²) in [6.07, 6.45) is 0.609. The first-order chi connectivity index (χ1) is 13.3. The number of hydrogen-bond donors (Lipinski definition) is 3. The van der Waals surface area contributed by atoms with E-state index in [9.17, 15) is 14.4 Å². The Morgan fingerprint density at radius 1 is 1.18 bits per heavy atom. The minimum absolute atomic E-state index is 0.0725. The van der Waals surface area contributed by atoms with Crippen molar-refractivity contribution in [2.24, 2.45) is 0 Å². The van der Waals surface area contributed by atoms with E-state index >= 15 is 0 Å². The number of carbonyl (C=O) groups excluding carboxylic acids is 2. The quantitative estimate of drug-likeness (QED) is 0.616. The molecule has 0 atom stereocenters. The number of amides is 2. The molecule has 1 heterocycles. The summed E-state index contributed by atoms with van der Waals surface area (Å²) < 4.78 is 0. The third-order valence-corrected chi connectivity index (χ3v) is 4.70. The Labute approximate surface area is 167 Å². The molecule has 2 amide bonds. The number of benzene rings is 1. The van der Waals surface area contributed by atoms with Crippen LogP contribution >= 0.6 is 11.6 Å². The zero-order valence-corrected chi connectivity index (χ0v) is 16.4. The predicted octanol–water partition coefficient (Wildman–Crippen LogP) is 2.00. The number of nitriles is 1. The van der Waals surface area contributed by atoms with Crippen molar-refractivity contribution in [1.29, 1.82) is 5.26 Å². The second-order valence-corrected chi connectivity index (χ2v) is 6.66. The molecule has 28 heavy (non-hydrogen) atoms. The van der Waals surface area contributed by atoms with Crippen LogP contribution in [-0.2, 0) is 11.2 Å². The number of carbonyl (C=O) groups is 2. The summed E-state index contributed by atoms with van der Waals surface area (Å²) >= 11 is 5.97. The van der Waals surface area contributed by atoms with E-state index in [4.69, 9.17) is 16.9 Å². The molecule has 1 aromatic carbocycles. The van der Waals surface area contributed by atoms with E-state index in [0.29, 0.717) is 28.3 Å². The van der Waals surface area contributed by atoms with Crippen LogP contribution in [0.5, 0.6) is 0 Å². The number of H-pyrrole nitrogens is 1. The van der Waals surface area contributed by atoms with Gasteiger partial charge in [-0.25, -0.2) is 0 Å². The van der Waals surface area contributed by atoms with Crippen LogP contribution in [0.25, 0.3) is 0 Å². The maximum atomic E-state index is 12.0. The first-order valence-electron chi connectivity index (χ1n) is 8.77. The molecule has 3 N–H and O–H groups in total. The molecular weight excluding hydrogens is 380 g/mol. The summed E-state index contributed by atoms with van der Waals surface area (Å²) in [6.45, 7) is 4.00. The van der Waals surface area contributed by atoms with Crippen molar-refractivity contribution in [3.05, 3.63) is 67.6 Å². The number of hydrogen-bond acceptors (Lipinski definition) is 4. The van der Waals surface area contributed by atoms with Gasteiger partial charge in [-0.1, -0.05) is 23.7 Å². The van der Waals surface area contributed by atoms with E-state index in [2.05, 4.69) is 15.6 Å². The summed E-state index contributed by atoms with van der Waals surface area (Å²) in [5.74, 6) is -0.487. The van der Waals surface area contributed by atoms with Gasteiger partial charge in [0, 0.05) is 25.2 Å². The third kappa shape index (κ3) is 5.21. The Kier molecular flexibility index (Phi) is 7.36. The lowest BCUT2D eigenvalue weighted by Crippen LogP contribution is -2.35. The van der Waals surface area contributed by atoms with Crippen LogP contribution in [0.3, 0.4) is 0 Å². The highest BCUT2D eigenvalue weighted by molar-refractivity contribution is 6.33. The zero-order chi connectivity index (χ0) is 20.7. The van der Waals surface area contributed by atoms with E-state index < -0.39 is 5.56 Å². The third-order valence-electron chi connectivity index (χ3n) is 4.37. The Hall–Kier alpha value is -3.11. The van der Waals surface area contributed by atoms with Gasteiger partial charge >= 0.3 is 0 Å². The largest absolute Gasteiger partial charge is 0.354 e. The Bertz CT molecular complexity index is 992. The number of rotatable bonds is 7. The molecule has 146 valence electrons. The number of nitrogens with one attached hydrogen (secondary N) is 3. The summed E-state index contributed by atoms with van der Waals surface area (Å²) in [6, 6.07) is 8.62. The molecule has 0 aliphatic rings. The van der Waals surface area contributed by atoms with Crippen molar-refractivity contribution in [2.75, 3.05) is 13.1 Å². The minimum Gasteiger partial charge on any atom is -0.354 e. The second kappa shape index (κ2) is 9.72. The van der Waals surface area contributed by atoms with Crippen LogP contribution in [0.2, 0.25) is 5.02 Å². The van der Waals surface area contributed by atoms with E-state index in [1.54, 1.807) is 38.1 Å². The van der Waals surface area contributed by atoms with Gasteiger partial charge in [-0.2, -0.15) is 5.26 Å². The van der Waals surface area contributed by atoms with Crippen molar-refractivity contribution in [3.8, 4) is 6.07 Å². The molecule has 0 unspecified atom stereocenters. The molecule has 0 aliphatic heterocycles. The maximum absolute atomic E-state index is 12.0. The summed E-state index contributed by atoms with van der Waals surface area (Å²) in [7, 11) is 0. The van der Waals surface area contributed by atoms with Crippen LogP contribution in [0.15, 0.2) is 29.1 Å². The minimum atomic E-state index is -0.417. The van der Waals surface area contributed by atoms with Crippen molar-refractivity contribution in [1.82, 2.24) is 15.6 Å². The molecule has 0 aliphatic carbocycles. The maximum Gasteiger partial charge on any atom is 0.266 e. The van der Waals surface area contributed by atoms with Gasteiger partial charge < -0.3 is 15.6 Å². The molecule has 0 radical (unpaired) electrons. The Morgan fingerprint density at radius 2 is 1.86 bits per heavy atom. The SMILES string of the molecule is Cc1[nH]c(=O)c(C#N)c(C)c1CCC(=O)NCCNC(=O)c1ccccc1Cl. The summed E-state index contributed by atoms with van der Waals surface area (Å²) in [4.78, 5) is 38.4. The standard InChI is InChI=1S/C20H21ClN4O3/c1-12-14(13(2)25-20(28)16(12)11-22)7-8-18(26)23-9-10-24-19(27)15-5-3-4-6-17(15)21/h3-6H,7-10H2,1-2H3,(H,23,26)(H,24,27)(H,25,28). The molecule has 0 bridgehead atoms. The number of aryl methyl sites for hydroxylation is 1. The number of nitrogens with zero attached hydrogens (tertiary/aromatic N) is 1. The van der Waals surface area contributed by atoms with Crippen LogP contribution in [-0.4, -0.2) is 29.9 Å². The van der Waals surface area contributed by atoms with Gasteiger partial charge in [-0.3, -0.25) is 14.4 Å². The summed E-state index contributed by atoms with van der Waals surface area (Å²) in [5, 5.41) is 14.9. The van der Waals surface area contributed by atoms with Crippen molar-refractivity contribution < 1.29 is 9.59 Å². The van der Waals surface area contributed by atoms with E-state index in [1.807, 2.05) is 6.07 Å². The van der Waals surface area contributed by atoms with Crippen LogP contribution in [0, 0.1) is 25.2 Å². The van der Waals surface area contributed by atoms with E-state index in [0.717, 1.165) is 5.56 Å². The molecule has 0 saturated heterocycles. The van der Waals surface area contributed by atoms with Gasteiger partial charge in [0.05, 0.1) is 10.6 Å². The number of aromatic amines is 1. The van der Waals surface area contributed by atoms with Gasteiger partial charge in [0.15, 0.2) is 0 Å². The first kappa shape index (κ1) is 21.2. The average molecular weight is 401 g/mol. The highest BCUT2D eigenvalue weighted by Gasteiger charge is 2.13. The monoisotopic (exact) mass is 400 g/mol. The molecule has 7 nitrogen and oxygen atoms in total. The highest BCUT2D eigenvalue weighted by Crippen LogP contribution is 2.15. The molecule has 0 fully saturated rings. The molecule has 0 spiro atoms. The van der Waals surface area contributed by atoms with E-state index in [1.165, 1.54) is 0 Å². The fourth-order valence-corrected chi connectivity index (χ4v) is 3.09. The van der Waals surface area contributed by atoms with Gasteiger partial charge in [-0.15, -0.1) is 0 Å². The van der Waals surface area contributed by atoms with Gasteiger partial charge in [-0.05, 0) is 43.5 Å². The summed E-state index contributed by atoms with van der Waals surface area (Å²) in [5.41, 5.74) is 2.08. The average Bonchev–Trinajstić information content (AvgIpc) is 2.65. The topological polar surface area (TPSA) is 115 Å². The van der Waals surface area contributed by atoms with Gasteiger partial charge in [0.2, 0.25) is 5.91 Å². The molecule has 2 aromatic rings. The lowest BCUT2D eigenvalue weighted by molar-refractivity contribution is -0.121. The van der Waals surface area contributed by atoms with Crippen molar-refractivity contribution in [2.45, 2.75) is 26.7 Å². The predicted molar refractivity (Wildman–Crippen MR) is 106 cm³/mol. The van der Waals surface area contributed by atoms with Crippen LogP contribution in [0.4, 0.5) is 0 Å². The normalized spacial score (nSPS) is 10.2. The second-order valence-electron chi connectivity index (χ2n) is 6.26.